The highest BCUT2D eigenvalue weighted by Gasteiger charge is 2.74. The zero-order chi connectivity index (χ0) is 15.5. The molecule has 0 N–H and O–H groups in total. The van der Waals surface area contributed by atoms with E-state index >= 15 is 0 Å². The molecule has 0 atom stereocenters. The minimum Gasteiger partial charge on any atom is -0.469 e. The third-order valence-corrected chi connectivity index (χ3v) is 4.30. The molecule has 1 aromatic rings. The van der Waals surface area contributed by atoms with E-state index in [4.69, 9.17) is 9.47 Å². The molecule has 2 bridgehead atoms. The van der Waals surface area contributed by atoms with Crippen LogP contribution in [0.4, 0.5) is 0 Å². The number of ether oxygens (including phenoxy) is 2. The molecule has 3 saturated carbocycles. The van der Waals surface area contributed by atoms with Crippen LogP contribution in [0.5, 0.6) is 0 Å². The molecule has 0 unspecified atom stereocenters. The van der Waals surface area contributed by atoms with E-state index in [2.05, 4.69) is 5.10 Å². The van der Waals surface area contributed by atoms with Crippen LogP contribution in [-0.4, -0.2) is 34.4 Å². The highest BCUT2D eigenvalue weighted by atomic mass is 16.6. The first-order valence-electron chi connectivity index (χ1n) is 7.08. The molecule has 1 heterocycles. The maximum atomic E-state index is 12.0. The van der Waals surface area contributed by atoms with Gasteiger partial charge in [-0.2, -0.15) is 5.10 Å². The van der Waals surface area contributed by atoms with Crippen LogP contribution in [-0.2, 0) is 19.8 Å². The molecule has 0 aliphatic heterocycles. The fourth-order valence-corrected chi connectivity index (χ4v) is 3.44. The number of aromatic nitrogens is 2. The average Bonchev–Trinajstić information content (AvgIpc) is 2.72. The summed E-state index contributed by atoms with van der Waals surface area (Å²) in [5, 5.41) is 4.33. The van der Waals surface area contributed by atoms with Crippen LogP contribution in [0.1, 0.15) is 50.5 Å². The van der Waals surface area contributed by atoms with Crippen molar-refractivity contribution >= 4 is 11.9 Å². The first-order valence-corrected chi connectivity index (χ1v) is 7.08. The zero-order valence-corrected chi connectivity index (χ0v) is 12.8. The number of hydrogen-bond donors (Lipinski definition) is 0. The van der Waals surface area contributed by atoms with Crippen molar-refractivity contribution in [2.45, 2.75) is 51.2 Å². The zero-order valence-electron chi connectivity index (χ0n) is 12.8. The topological polar surface area (TPSA) is 70.4 Å². The quantitative estimate of drug-likeness (QED) is 0.796. The van der Waals surface area contributed by atoms with Crippen LogP contribution in [0.3, 0.4) is 0 Å². The molecule has 1 aromatic heterocycles. The van der Waals surface area contributed by atoms with Gasteiger partial charge in [0.15, 0.2) is 5.69 Å². The van der Waals surface area contributed by atoms with Gasteiger partial charge in [0.2, 0.25) is 0 Å². The van der Waals surface area contributed by atoms with Crippen LogP contribution in [0.15, 0.2) is 12.3 Å². The lowest BCUT2D eigenvalue weighted by atomic mass is 9.39. The number of carbonyl (C=O) groups is 2. The summed E-state index contributed by atoms with van der Waals surface area (Å²) in [6, 6.07) is 1.67. The van der Waals surface area contributed by atoms with E-state index in [0.29, 0.717) is 5.69 Å². The second kappa shape index (κ2) is 4.08. The first-order chi connectivity index (χ1) is 9.70. The maximum absolute atomic E-state index is 12.0. The van der Waals surface area contributed by atoms with Crippen molar-refractivity contribution in [3.63, 3.8) is 0 Å². The maximum Gasteiger partial charge on any atom is 0.359 e. The van der Waals surface area contributed by atoms with Crippen LogP contribution in [0.2, 0.25) is 0 Å². The molecular formula is C15H20N2O4. The molecule has 114 valence electrons. The molecule has 0 spiro atoms. The van der Waals surface area contributed by atoms with Gasteiger partial charge in [-0.3, -0.25) is 9.48 Å². The van der Waals surface area contributed by atoms with E-state index in [1.54, 1.807) is 16.9 Å². The Hall–Kier alpha value is -1.85. The van der Waals surface area contributed by atoms with Crippen molar-refractivity contribution in [2.24, 2.45) is 5.41 Å². The van der Waals surface area contributed by atoms with Crippen LogP contribution >= 0.6 is 0 Å². The number of nitrogens with zero attached hydrogens (tertiary/aromatic N) is 2. The summed E-state index contributed by atoms with van der Waals surface area (Å²) in [5.74, 6) is -0.556. The van der Waals surface area contributed by atoms with Gasteiger partial charge in [-0.05, 0) is 46.1 Å². The monoisotopic (exact) mass is 292 g/mol. The second-order valence-electron chi connectivity index (χ2n) is 7.17. The highest BCUT2D eigenvalue weighted by Crippen LogP contribution is 2.71. The van der Waals surface area contributed by atoms with Gasteiger partial charge in [0.1, 0.15) is 5.60 Å². The largest absolute Gasteiger partial charge is 0.469 e. The molecule has 21 heavy (non-hydrogen) atoms. The van der Waals surface area contributed by atoms with Crippen LogP contribution in [0.25, 0.3) is 0 Å². The molecule has 0 amide bonds. The average molecular weight is 292 g/mol. The standard InChI is InChI=1S/C15H20N2O4/c1-13(2,3)21-11(18)10-5-6-17(16-10)15-7-14(8-15,9-15)12(19)20-4/h5-6H,7-9H2,1-4H3. The van der Waals surface area contributed by atoms with Gasteiger partial charge >= 0.3 is 11.9 Å². The summed E-state index contributed by atoms with van der Waals surface area (Å²) in [6.07, 6.45) is 4.01. The summed E-state index contributed by atoms with van der Waals surface area (Å²) < 4.78 is 11.9. The van der Waals surface area contributed by atoms with Crippen LogP contribution in [0, 0.1) is 5.41 Å². The van der Waals surface area contributed by atoms with Crippen molar-refractivity contribution in [3.8, 4) is 0 Å². The lowest BCUT2D eigenvalue weighted by Crippen LogP contribution is -2.71. The summed E-state index contributed by atoms with van der Waals surface area (Å²) in [7, 11) is 1.42. The van der Waals surface area contributed by atoms with E-state index in [0.717, 1.165) is 19.3 Å². The summed E-state index contributed by atoms with van der Waals surface area (Å²) in [4.78, 5) is 23.6. The van der Waals surface area contributed by atoms with Crippen molar-refractivity contribution < 1.29 is 19.1 Å². The summed E-state index contributed by atoms with van der Waals surface area (Å²) in [6.45, 7) is 5.47. The van der Waals surface area contributed by atoms with E-state index in [9.17, 15) is 9.59 Å². The third kappa shape index (κ3) is 2.04. The number of esters is 2. The summed E-state index contributed by atoms with van der Waals surface area (Å²) in [5.41, 5.74) is -0.658. The molecule has 6 heteroatoms. The molecule has 3 aliphatic carbocycles. The Bertz CT molecular complexity index is 592. The molecule has 6 nitrogen and oxygen atoms in total. The molecule has 0 radical (unpaired) electrons. The molecule has 4 rings (SSSR count). The Morgan fingerprint density at radius 1 is 1.29 bits per heavy atom. The predicted molar refractivity (Wildman–Crippen MR) is 73.7 cm³/mol. The fourth-order valence-electron chi connectivity index (χ4n) is 3.44. The van der Waals surface area contributed by atoms with E-state index in [-0.39, 0.29) is 16.9 Å². The fraction of sp³-hybridized carbons (Fsp3) is 0.667. The SMILES string of the molecule is COC(=O)C12CC(n3ccc(C(=O)OC(C)(C)C)n3)(C1)C2. The van der Waals surface area contributed by atoms with E-state index in [1.807, 2.05) is 20.8 Å². The minimum absolute atomic E-state index is 0.117. The van der Waals surface area contributed by atoms with Gasteiger partial charge in [0, 0.05) is 6.20 Å². The normalized spacial score (nSPS) is 30.1. The number of carbonyl (C=O) groups excluding carboxylic acids is 2. The summed E-state index contributed by atoms with van der Waals surface area (Å²) >= 11 is 0. The van der Waals surface area contributed by atoms with Gasteiger partial charge in [0.25, 0.3) is 0 Å². The Morgan fingerprint density at radius 2 is 1.90 bits per heavy atom. The number of rotatable bonds is 3. The minimum atomic E-state index is -0.536. The molecule has 0 aromatic carbocycles. The van der Waals surface area contributed by atoms with Crippen molar-refractivity contribution in [2.75, 3.05) is 7.11 Å². The lowest BCUT2D eigenvalue weighted by molar-refractivity contribution is -0.219. The van der Waals surface area contributed by atoms with Gasteiger partial charge in [-0.15, -0.1) is 0 Å². The third-order valence-electron chi connectivity index (χ3n) is 4.30. The van der Waals surface area contributed by atoms with Crippen molar-refractivity contribution in [3.05, 3.63) is 18.0 Å². The smallest absolute Gasteiger partial charge is 0.359 e. The molecule has 3 fully saturated rings. The van der Waals surface area contributed by atoms with Crippen LogP contribution < -0.4 is 0 Å². The predicted octanol–water partition coefficient (Wildman–Crippen LogP) is 1.89. The molecular weight excluding hydrogens is 272 g/mol. The first kappa shape index (κ1) is 14.1. The Morgan fingerprint density at radius 3 is 2.43 bits per heavy atom. The Balaban J connectivity index is 1.69. The van der Waals surface area contributed by atoms with Gasteiger partial charge in [-0.1, -0.05) is 0 Å². The lowest BCUT2D eigenvalue weighted by Gasteiger charge is -2.67. The van der Waals surface area contributed by atoms with Gasteiger partial charge in [0.05, 0.1) is 18.1 Å². The van der Waals surface area contributed by atoms with Gasteiger partial charge < -0.3 is 9.47 Å². The molecule has 0 saturated heterocycles. The van der Waals surface area contributed by atoms with E-state index < -0.39 is 11.6 Å². The van der Waals surface area contributed by atoms with E-state index in [1.165, 1.54) is 7.11 Å². The second-order valence-corrected chi connectivity index (χ2v) is 7.17. The van der Waals surface area contributed by atoms with Crippen molar-refractivity contribution in [1.29, 1.82) is 0 Å². The Labute approximate surface area is 123 Å². The Kier molecular flexibility index (Phi) is 2.74. The highest BCUT2D eigenvalue weighted by molar-refractivity contribution is 5.87. The van der Waals surface area contributed by atoms with Gasteiger partial charge in [-0.25, -0.2) is 4.79 Å². The van der Waals surface area contributed by atoms with Crippen molar-refractivity contribution in [1.82, 2.24) is 9.78 Å². The number of hydrogen-bond acceptors (Lipinski definition) is 5. The number of methoxy groups -OCH3 is 1. The molecule has 3 aliphatic rings.